The van der Waals surface area contributed by atoms with Crippen LogP contribution in [-0.2, 0) is 30.0 Å². The van der Waals surface area contributed by atoms with Crippen LogP contribution in [-0.4, -0.2) is 29.7 Å². The largest absolute Gasteiger partial charge is 0.459 e. The predicted molar refractivity (Wildman–Crippen MR) is 197 cm³/mol. The predicted octanol–water partition coefficient (Wildman–Crippen LogP) is 8.75. The van der Waals surface area contributed by atoms with E-state index in [1.807, 2.05) is 60.7 Å². The van der Waals surface area contributed by atoms with Gasteiger partial charge in [0.2, 0.25) is 11.8 Å². The number of halogens is 2. The monoisotopic (exact) mass is 711 g/mol. The molecule has 1 saturated carbocycles. The Hall–Kier alpha value is -5.30. The number of allylic oxidation sites excluding steroid dienone is 2. The molecule has 4 atom stereocenters. The summed E-state index contributed by atoms with van der Waals surface area (Å²) in [5.74, 6) is -3.97. The number of ketones is 1. The summed E-state index contributed by atoms with van der Waals surface area (Å²) in [6, 6.07) is 39.5. The van der Waals surface area contributed by atoms with Gasteiger partial charge in [-0.05, 0) is 95.8 Å². The lowest BCUT2D eigenvalue weighted by Gasteiger charge is -2.39. The molecule has 2 bridgehead atoms. The van der Waals surface area contributed by atoms with Crippen molar-refractivity contribution in [3.8, 4) is 0 Å². The number of esters is 1. The number of fused-ring (bicyclic) bond motifs is 5. The smallest absolute Gasteiger partial charge is 0.338 e. The fourth-order valence-corrected chi connectivity index (χ4v) is 8.89. The molecule has 1 saturated heterocycles. The fraction of sp³-hybridized carbons (Fsp3) is 0.163. The number of imide groups is 1. The van der Waals surface area contributed by atoms with Crippen molar-refractivity contribution in [1.82, 2.24) is 0 Å². The maximum atomic E-state index is 16.0. The minimum absolute atomic E-state index is 0.250. The van der Waals surface area contributed by atoms with Crippen LogP contribution < -0.4 is 4.90 Å². The molecule has 2 aliphatic carbocycles. The molecular formula is C43H31Cl2NO5. The summed E-state index contributed by atoms with van der Waals surface area (Å²) in [7, 11) is 0. The molecule has 2 fully saturated rings. The van der Waals surface area contributed by atoms with E-state index in [0.29, 0.717) is 38.0 Å². The van der Waals surface area contributed by atoms with Gasteiger partial charge >= 0.3 is 5.97 Å². The van der Waals surface area contributed by atoms with Crippen LogP contribution in [0.4, 0.5) is 5.69 Å². The van der Waals surface area contributed by atoms with Gasteiger partial charge in [0.15, 0.2) is 5.78 Å². The molecule has 3 aliphatic rings. The lowest BCUT2D eigenvalue weighted by atomic mass is 9.59. The normalized spacial score (nSPS) is 23.7. The van der Waals surface area contributed by atoms with E-state index in [1.165, 1.54) is 4.90 Å². The fourth-order valence-electron chi connectivity index (χ4n) is 8.64. The summed E-state index contributed by atoms with van der Waals surface area (Å²) in [5, 5.41) is 0.943. The van der Waals surface area contributed by atoms with E-state index < -0.39 is 40.4 Å². The van der Waals surface area contributed by atoms with Crippen LogP contribution in [0.15, 0.2) is 133 Å². The molecule has 8 heteroatoms. The SMILES string of the molecule is CC(C)OC(=O)c1ccc(N2C(=O)[C@@H]3[C@H](C2=O)[C@@]2(c4ccc(Cl)cc4)C(=O)[C@@]3(c3ccc(Cl)cc3)C(c3ccccc3)=C2c2ccccc2)cc1. The molecular weight excluding hydrogens is 681 g/mol. The molecule has 51 heavy (non-hydrogen) atoms. The number of amides is 2. The first-order valence-electron chi connectivity index (χ1n) is 16.7. The number of hydrogen-bond donors (Lipinski definition) is 0. The summed E-state index contributed by atoms with van der Waals surface area (Å²) >= 11 is 12.9. The Bertz CT molecular complexity index is 2120. The molecule has 1 heterocycles. The number of ether oxygens (including phenoxy) is 1. The summed E-state index contributed by atoms with van der Waals surface area (Å²) in [6.07, 6.45) is -0.315. The van der Waals surface area contributed by atoms with Crippen LogP contribution in [0.1, 0.15) is 46.5 Å². The highest BCUT2D eigenvalue weighted by Crippen LogP contribution is 2.74. The minimum atomic E-state index is -1.58. The molecule has 1 aliphatic heterocycles. The van der Waals surface area contributed by atoms with Crippen molar-refractivity contribution in [3.63, 3.8) is 0 Å². The van der Waals surface area contributed by atoms with E-state index in [1.54, 1.807) is 86.6 Å². The number of Topliss-reactive ketones (excluding diaryl/α,β-unsaturated/α-hetero) is 1. The number of hydrogen-bond acceptors (Lipinski definition) is 5. The summed E-state index contributed by atoms with van der Waals surface area (Å²) in [5.41, 5.74) is 1.45. The van der Waals surface area contributed by atoms with Crippen LogP contribution in [0.3, 0.4) is 0 Å². The number of rotatable bonds is 7. The number of anilines is 1. The van der Waals surface area contributed by atoms with E-state index in [2.05, 4.69) is 0 Å². The van der Waals surface area contributed by atoms with Crippen molar-refractivity contribution < 1.29 is 23.9 Å². The molecule has 5 aromatic rings. The van der Waals surface area contributed by atoms with Crippen molar-refractivity contribution in [2.75, 3.05) is 4.90 Å². The van der Waals surface area contributed by atoms with Crippen LogP contribution >= 0.6 is 23.2 Å². The van der Waals surface area contributed by atoms with Crippen LogP contribution in [0.5, 0.6) is 0 Å². The van der Waals surface area contributed by atoms with Crippen LogP contribution in [0.2, 0.25) is 10.0 Å². The highest BCUT2D eigenvalue weighted by Gasteiger charge is 2.82. The Morgan fingerprint density at radius 1 is 0.608 bits per heavy atom. The maximum absolute atomic E-state index is 16.0. The Kier molecular flexibility index (Phi) is 7.86. The van der Waals surface area contributed by atoms with Gasteiger partial charge in [-0.25, -0.2) is 9.69 Å². The standard InChI is InChI=1S/C43H31Cl2NO5/c1-25(2)51-40(49)28-13-23-33(24-14-28)46-38(47)36-37(39(46)48)43(30-17-21-32(45)22-18-30)35(27-11-7-4-8-12-27)34(26-9-5-3-6-10-26)42(36,41(43)50)29-15-19-31(44)20-16-29/h3-25,36-37H,1-2H3/t36-,37+,42-,43-/m0/s1. The van der Waals surface area contributed by atoms with Gasteiger partial charge in [0.1, 0.15) is 0 Å². The van der Waals surface area contributed by atoms with E-state index in [9.17, 15) is 4.79 Å². The van der Waals surface area contributed by atoms with Gasteiger partial charge in [0.05, 0.1) is 40.0 Å². The number of nitrogens with zero attached hydrogens (tertiary/aromatic N) is 1. The molecule has 0 aromatic heterocycles. The van der Waals surface area contributed by atoms with Gasteiger partial charge in [0, 0.05) is 10.0 Å². The van der Waals surface area contributed by atoms with E-state index in [-0.39, 0.29) is 17.5 Å². The van der Waals surface area contributed by atoms with Gasteiger partial charge in [0.25, 0.3) is 0 Å². The maximum Gasteiger partial charge on any atom is 0.338 e. The lowest BCUT2D eigenvalue weighted by Crippen LogP contribution is -2.45. The van der Waals surface area contributed by atoms with Crippen molar-refractivity contribution in [2.24, 2.45) is 11.8 Å². The van der Waals surface area contributed by atoms with E-state index >= 15 is 14.4 Å². The molecule has 252 valence electrons. The first-order valence-corrected chi connectivity index (χ1v) is 17.5. The zero-order chi connectivity index (χ0) is 35.7. The summed E-state index contributed by atoms with van der Waals surface area (Å²) in [4.78, 5) is 60.2. The van der Waals surface area contributed by atoms with Crippen LogP contribution in [0, 0.1) is 11.8 Å². The average Bonchev–Trinajstić information content (AvgIpc) is 3.64. The lowest BCUT2D eigenvalue weighted by molar-refractivity contribution is -0.130. The number of carbonyl (C=O) groups excluding carboxylic acids is 4. The molecule has 5 aromatic carbocycles. The topological polar surface area (TPSA) is 80.8 Å². The van der Waals surface area contributed by atoms with E-state index in [0.717, 1.165) is 11.1 Å². The van der Waals surface area contributed by atoms with Gasteiger partial charge < -0.3 is 4.74 Å². The van der Waals surface area contributed by atoms with Crippen LogP contribution in [0.25, 0.3) is 11.1 Å². The molecule has 0 radical (unpaired) electrons. The van der Waals surface area contributed by atoms with Crippen molar-refractivity contribution in [3.05, 3.63) is 171 Å². The van der Waals surface area contributed by atoms with Gasteiger partial charge in [-0.2, -0.15) is 0 Å². The second kappa shape index (κ2) is 12.2. The van der Waals surface area contributed by atoms with Gasteiger partial charge in [-0.1, -0.05) is 108 Å². The molecule has 8 rings (SSSR count). The third kappa shape index (κ3) is 4.63. The Labute approximate surface area is 305 Å². The third-order valence-corrected chi connectivity index (χ3v) is 10.9. The second-order valence-electron chi connectivity index (χ2n) is 13.4. The molecule has 0 unspecified atom stereocenters. The van der Waals surface area contributed by atoms with Gasteiger partial charge in [-0.15, -0.1) is 0 Å². The highest BCUT2D eigenvalue weighted by molar-refractivity contribution is 6.39. The number of benzene rings is 5. The molecule has 0 N–H and O–H groups in total. The third-order valence-electron chi connectivity index (χ3n) is 10.4. The number of carbonyl (C=O) groups is 4. The zero-order valence-corrected chi connectivity index (χ0v) is 29.2. The Balaban J connectivity index is 1.45. The molecule has 0 spiro atoms. The highest BCUT2D eigenvalue weighted by atomic mass is 35.5. The second-order valence-corrected chi connectivity index (χ2v) is 14.3. The van der Waals surface area contributed by atoms with Crippen molar-refractivity contribution >= 4 is 63.6 Å². The molecule has 6 nitrogen and oxygen atoms in total. The first-order chi connectivity index (χ1) is 24.6. The quantitative estimate of drug-likeness (QED) is 0.125. The molecule has 2 amide bonds. The first kappa shape index (κ1) is 32.9. The average molecular weight is 713 g/mol. The zero-order valence-electron chi connectivity index (χ0n) is 27.7. The van der Waals surface area contributed by atoms with Crippen molar-refractivity contribution in [2.45, 2.75) is 30.8 Å². The van der Waals surface area contributed by atoms with Crippen molar-refractivity contribution in [1.29, 1.82) is 0 Å². The van der Waals surface area contributed by atoms with E-state index in [4.69, 9.17) is 27.9 Å². The Morgan fingerprint density at radius 2 is 1.02 bits per heavy atom. The van der Waals surface area contributed by atoms with Gasteiger partial charge in [-0.3, -0.25) is 14.4 Å². The summed E-state index contributed by atoms with van der Waals surface area (Å²) in [6.45, 7) is 3.52. The Morgan fingerprint density at radius 3 is 1.41 bits per heavy atom. The summed E-state index contributed by atoms with van der Waals surface area (Å²) < 4.78 is 5.35. The minimum Gasteiger partial charge on any atom is -0.459 e.